The summed E-state index contributed by atoms with van der Waals surface area (Å²) in [6, 6.07) is 18.5. The van der Waals surface area contributed by atoms with Gasteiger partial charge in [0.15, 0.2) is 18.1 Å². The monoisotopic (exact) mass is 428 g/mol. The van der Waals surface area contributed by atoms with Gasteiger partial charge in [0.1, 0.15) is 5.82 Å². The van der Waals surface area contributed by atoms with Crippen molar-refractivity contribution in [1.82, 2.24) is 0 Å². The molecule has 0 saturated carbocycles. The summed E-state index contributed by atoms with van der Waals surface area (Å²) in [7, 11) is 0. The van der Waals surface area contributed by atoms with Crippen LogP contribution >= 0.6 is 11.6 Å². The molecule has 0 saturated heterocycles. The van der Waals surface area contributed by atoms with Gasteiger partial charge in [0.25, 0.3) is 5.91 Å². The number of anilines is 2. The van der Waals surface area contributed by atoms with Crippen LogP contribution in [0.4, 0.5) is 15.8 Å². The van der Waals surface area contributed by atoms with Crippen molar-refractivity contribution in [2.75, 3.05) is 23.8 Å². The fourth-order valence-corrected chi connectivity index (χ4v) is 2.92. The Morgan fingerprint density at radius 3 is 2.50 bits per heavy atom. The van der Waals surface area contributed by atoms with E-state index in [4.69, 9.17) is 21.1 Å². The molecular formula is C23H22ClFN2O3. The zero-order chi connectivity index (χ0) is 21.3. The number of rotatable bonds is 9. The van der Waals surface area contributed by atoms with Gasteiger partial charge in [-0.2, -0.15) is 0 Å². The van der Waals surface area contributed by atoms with Gasteiger partial charge in [-0.1, -0.05) is 23.7 Å². The molecule has 5 nitrogen and oxygen atoms in total. The van der Waals surface area contributed by atoms with Gasteiger partial charge in [-0.3, -0.25) is 4.79 Å². The summed E-state index contributed by atoms with van der Waals surface area (Å²) < 4.78 is 24.2. The van der Waals surface area contributed by atoms with E-state index in [2.05, 4.69) is 10.6 Å². The predicted molar refractivity (Wildman–Crippen MR) is 117 cm³/mol. The number of hydrogen-bond donors (Lipinski definition) is 2. The summed E-state index contributed by atoms with van der Waals surface area (Å²) in [5.41, 5.74) is 2.40. The molecule has 30 heavy (non-hydrogen) atoms. The first-order valence-corrected chi connectivity index (χ1v) is 9.84. The maximum Gasteiger partial charge on any atom is 0.262 e. The van der Waals surface area contributed by atoms with Crippen molar-refractivity contribution in [3.8, 4) is 11.5 Å². The van der Waals surface area contributed by atoms with E-state index in [1.165, 1.54) is 24.3 Å². The predicted octanol–water partition coefficient (Wildman–Crippen LogP) is 5.51. The Kier molecular flexibility index (Phi) is 7.51. The number of ether oxygens (including phenoxy) is 2. The van der Waals surface area contributed by atoms with E-state index in [0.717, 1.165) is 11.3 Å². The van der Waals surface area contributed by atoms with Gasteiger partial charge >= 0.3 is 0 Å². The molecule has 2 N–H and O–H groups in total. The summed E-state index contributed by atoms with van der Waals surface area (Å²) in [6.45, 7) is 2.72. The van der Waals surface area contributed by atoms with Gasteiger partial charge in [0, 0.05) is 22.9 Å². The van der Waals surface area contributed by atoms with Crippen LogP contribution in [0.1, 0.15) is 12.5 Å². The number of hydrogen-bond acceptors (Lipinski definition) is 4. The number of carbonyl (C=O) groups excluding carboxylic acids is 1. The lowest BCUT2D eigenvalue weighted by Crippen LogP contribution is -2.20. The van der Waals surface area contributed by atoms with Gasteiger partial charge < -0.3 is 20.1 Å². The first kappa shape index (κ1) is 21.5. The quantitative estimate of drug-likeness (QED) is 0.472. The minimum Gasteiger partial charge on any atom is -0.490 e. The summed E-state index contributed by atoms with van der Waals surface area (Å²) in [5, 5.41) is 6.62. The van der Waals surface area contributed by atoms with Crippen LogP contribution in [0.25, 0.3) is 0 Å². The highest BCUT2D eigenvalue weighted by Gasteiger charge is 2.10. The maximum atomic E-state index is 13.0. The van der Waals surface area contributed by atoms with Crippen molar-refractivity contribution in [2.24, 2.45) is 0 Å². The molecule has 7 heteroatoms. The molecular weight excluding hydrogens is 407 g/mol. The van der Waals surface area contributed by atoms with Crippen LogP contribution in [0, 0.1) is 5.82 Å². The van der Waals surface area contributed by atoms with Crippen molar-refractivity contribution >= 4 is 28.9 Å². The fraction of sp³-hybridized carbons (Fsp3) is 0.174. The molecule has 0 bridgehead atoms. The van der Waals surface area contributed by atoms with Crippen LogP contribution in [-0.2, 0) is 11.3 Å². The van der Waals surface area contributed by atoms with Crippen LogP contribution in [0.2, 0.25) is 5.02 Å². The maximum absolute atomic E-state index is 13.0. The molecule has 3 aromatic carbocycles. The molecule has 1 amide bonds. The molecule has 3 rings (SSSR count). The van der Waals surface area contributed by atoms with Gasteiger partial charge in [-0.25, -0.2) is 4.39 Å². The summed E-state index contributed by atoms with van der Waals surface area (Å²) in [4.78, 5) is 12.1. The van der Waals surface area contributed by atoms with Crippen LogP contribution in [0.3, 0.4) is 0 Å². The van der Waals surface area contributed by atoms with E-state index in [1.807, 2.05) is 43.3 Å². The second kappa shape index (κ2) is 10.5. The van der Waals surface area contributed by atoms with Crippen LogP contribution in [0.15, 0.2) is 66.7 Å². The molecule has 156 valence electrons. The standard InChI is InChI=1S/C23H22ClFN2O3/c1-2-29-22-12-16(14-26-20-5-3-4-17(24)13-20)6-11-21(22)30-15-23(28)27-19-9-7-18(25)8-10-19/h3-13,26H,2,14-15H2,1H3,(H,27,28). The second-order valence-electron chi connectivity index (χ2n) is 6.42. The SMILES string of the molecule is CCOc1cc(CNc2cccc(Cl)c2)ccc1OCC(=O)Nc1ccc(F)cc1. The number of carbonyl (C=O) groups is 1. The highest BCUT2D eigenvalue weighted by molar-refractivity contribution is 6.30. The highest BCUT2D eigenvalue weighted by atomic mass is 35.5. The average molecular weight is 429 g/mol. The first-order chi connectivity index (χ1) is 14.5. The van der Waals surface area contributed by atoms with Crippen molar-refractivity contribution in [1.29, 1.82) is 0 Å². The molecule has 0 spiro atoms. The molecule has 0 aromatic heterocycles. The Bertz CT molecular complexity index is 996. The summed E-state index contributed by atoms with van der Waals surface area (Å²) in [6.07, 6.45) is 0. The van der Waals surface area contributed by atoms with E-state index in [-0.39, 0.29) is 18.3 Å². The highest BCUT2D eigenvalue weighted by Crippen LogP contribution is 2.29. The summed E-state index contributed by atoms with van der Waals surface area (Å²) in [5.74, 6) is 0.307. The third-order valence-corrected chi connectivity index (χ3v) is 4.35. The molecule has 0 atom stereocenters. The molecule has 0 aliphatic carbocycles. The molecule has 0 radical (unpaired) electrons. The third-order valence-electron chi connectivity index (χ3n) is 4.12. The second-order valence-corrected chi connectivity index (χ2v) is 6.86. The van der Waals surface area contributed by atoms with Gasteiger partial charge in [0.2, 0.25) is 0 Å². The van der Waals surface area contributed by atoms with E-state index in [0.29, 0.717) is 35.4 Å². The van der Waals surface area contributed by atoms with E-state index >= 15 is 0 Å². The van der Waals surface area contributed by atoms with Crippen LogP contribution < -0.4 is 20.1 Å². The van der Waals surface area contributed by atoms with Crippen molar-refractivity contribution in [3.63, 3.8) is 0 Å². The first-order valence-electron chi connectivity index (χ1n) is 9.47. The number of benzene rings is 3. The van der Waals surface area contributed by atoms with Crippen molar-refractivity contribution in [2.45, 2.75) is 13.5 Å². The number of halogens is 2. The van der Waals surface area contributed by atoms with Crippen molar-refractivity contribution in [3.05, 3.63) is 83.1 Å². The van der Waals surface area contributed by atoms with Crippen LogP contribution in [0.5, 0.6) is 11.5 Å². The zero-order valence-corrected chi connectivity index (χ0v) is 17.2. The summed E-state index contributed by atoms with van der Waals surface area (Å²) >= 11 is 6.01. The lowest BCUT2D eigenvalue weighted by Gasteiger charge is -2.14. The zero-order valence-electron chi connectivity index (χ0n) is 16.5. The van der Waals surface area contributed by atoms with Crippen molar-refractivity contribution < 1.29 is 18.7 Å². The van der Waals surface area contributed by atoms with E-state index < -0.39 is 0 Å². The Morgan fingerprint density at radius 2 is 1.77 bits per heavy atom. The minimum atomic E-state index is -0.365. The average Bonchev–Trinajstić information content (AvgIpc) is 2.73. The third kappa shape index (κ3) is 6.39. The number of nitrogens with one attached hydrogen (secondary N) is 2. The largest absolute Gasteiger partial charge is 0.490 e. The van der Waals surface area contributed by atoms with Gasteiger partial charge in [-0.15, -0.1) is 0 Å². The van der Waals surface area contributed by atoms with Gasteiger partial charge in [-0.05, 0) is 67.1 Å². The molecule has 0 aliphatic rings. The molecule has 0 heterocycles. The Balaban J connectivity index is 1.59. The normalized spacial score (nSPS) is 10.4. The lowest BCUT2D eigenvalue weighted by atomic mass is 10.2. The molecule has 0 unspecified atom stereocenters. The molecule has 3 aromatic rings. The minimum absolute atomic E-state index is 0.197. The van der Waals surface area contributed by atoms with E-state index in [9.17, 15) is 9.18 Å². The number of amides is 1. The lowest BCUT2D eigenvalue weighted by molar-refractivity contribution is -0.118. The van der Waals surface area contributed by atoms with Gasteiger partial charge in [0.05, 0.1) is 6.61 Å². The Hall–Kier alpha value is -3.25. The fourth-order valence-electron chi connectivity index (χ4n) is 2.73. The molecule has 0 aliphatic heterocycles. The molecule has 0 fully saturated rings. The Labute approximate surface area is 179 Å². The van der Waals surface area contributed by atoms with Crippen LogP contribution in [-0.4, -0.2) is 19.1 Å². The Morgan fingerprint density at radius 1 is 0.967 bits per heavy atom. The van der Waals surface area contributed by atoms with E-state index in [1.54, 1.807) is 6.07 Å². The topological polar surface area (TPSA) is 59.6 Å². The smallest absolute Gasteiger partial charge is 0.262 e.